The van der Waals surface area contributed by atoms with Crippen molar-refractivity contribution in [3.63, 3.8) is 0 Å². The van der Waals surface area contributed by atoms with Crippen molar-refractivity contribution in [3.8, 4) is 0 Å². The number of carbonyl (C=O) groups excluding carboxylic acids is 1. The van der Waals surface area contributed by atoms with Crippen molar-refractivity contribution in [1.82, 2.24) is 15.5 Å². The number of piperidine rings is 1. The van der Waals surface area contributed by atoms with Crippen LogP contribution in [0.5, 0.6) is 0 Å². The quantitative estimate of drug-likeness (QED) is 0.738. The average molecular weight is 269 g/mol. The second-order valence-corrected chi connectivity index (χ2v) is 5.89. The molecule has 1 heterocycles. The summed E-state index contributed by atoms with van der Waals surface area (Å²) in [5.74, 6) is 0.902. The lowest BCUT2D eigenvalue weighted by Gasteiger charge is -2.38. The van der Waals surface area contributed by atoms with E-state index >= 15 is 0 Å². The molecule has 1 fully saturated rings. The molecule has 19 heavy (non-hydrogen) atoms. The lowest BCUT2D eigenvalue weighted by atomic mass is 9.90. The second kappa shape index (κ2) is 8.54. The number of nitrogens with zero attached hydrogens (tertiary/aromatic N) is 1. The topological polar surface area (TPSA) is 44.4 Å². The highest BCUT2D eigenvalue weighted by molar-refractivity contribution is 5.76. The molecule has 2 atom stereocenters. The number of carbonyl (C=O) groups is 1. The largest absolute Gasteiger partial charge is 0.354 e. The van der Waals surface area contributed by atoms with E-state index in [9.17, 15) is 4.79 Å². The molecule has 1 rings (SSSR count). The minimum absolute atomic E-state index is 0.178. The van der Waals surface area contributed by atoms with Crippen LogP contribution >= 0.6 is 0 Å². The van der Waals surface area contributed by atoms with Gasteiger partial charge in [-0.15, -0.1) is 0 Å². The van der Waals surface area contributed by atoms with E-state index in [1.807, 2.05) is 13.8 Å². The van der Waals surface area contributed by atoms with Gasteiger partial charge in [0, 0.05) is 31.6 Å². The van der Waals surface area contributed by atoms with E-state index < -0.39 is 0 Å². The molecule has 0 spiro atoms. The lowest BCUT2D eigenvalue weighted by molar-refractivity contribution is -0.122. The highest BCUT2D eigenvalue weighted by Gasteiger charge is 2.27. The highest BCUT2D eigenvalue weighted by Crippen LogP contribution is 2.20. The first kappa shape index (κ1) is 16.4. The fraction of sp³-hybridized carbons (Fsp3) is 0.933. The van der Waals surface area contributed by atoms with E-state index in [0.29, 0.717) is 12.5 Å². The summed E-state index contributed by atoms with van der Waals surface area (Å²) in [7, 11) is 0. The van der Waals surface area contributed by atoms with Crippen LogP contribution in [0.2, 0.25) is 0 Å². The Morgan fingerprint density at radius 2 is 2.11 bits per heavy atom. The van der Waals surface area contributed by atoms with Crippen molar-refractivity contribution < 1.29 is 4.79 Å². The maximum absolute atomic E-state index is 11.7. The minimum Gasteiger partial charge on any atom is -0.354 e. The van der Waals surface area contributed by atoms with Gasteiger partial charge in [-0.2, -0.15) is 0 Å². The first-order valence-corrected chi connectivity index (χ1v) is 7.81. The number of amides is 1. The van der Waals surface area contributed by atoms with E-state index in [4.69, 9.17) is 0 Å². The van der Waals surface area contributed by atoms with Crippen molar-refractivity contribution in [2.45, 2.75) is 59.0 Å². The third kappa shape index (κ3) is 5.91. The van der Waals surface area contributed by atoms with Crippen LogP contribution in [-0.4, -0.2) is 49.1 Å². The predicted octanol–water partition coefficient (Wildman–Crippen LogP) is 1.61. The van der Waals surface area contributed by atoms with E-state index in [-0.39, 0.29) is 11.9 Å². The molecular formula is C15H31N3O. The molecule has 1 aliphatic rings. The van der Waals surface area contributed by atoms with E-state index in [1.54, 1.807) is 0 Å². The molecule has 0 radical (unpaired) electrons. The summed E-state index contributed by atoms with van der Waals surface area (Å²) < 4.78 is 0. The summed E-state index contributed by atoms with van der Waals surface area (Å²) in [4.78, 5) is 14.1. The molecule has 1 amide bonds. The zero-order chi connectivity index (χ0) is 14.3. The maximum atomic E-state index is 11.7. The summed E-state index contributed by atoms with van der Waals surface area (Å²) >= 11 is 0. The molecule has 4 heteroatoms. The van der Waals surface area contributed by atoms with Crippen LogP contribution in [0.3, 0.4) is 0 Å². The van der Waals surface area contributed by atoms with Crippen molar-refractivity contribution in [3.05, 3.63) is 0 Å². The monoisotopic (exact) mass is 269 g/mol. The zero-order valence-electron chi connectivity index (χ0n) is 13.0. The fourth-order valence-corrected chi connectivity index (χ4v) is 2.91. The van der Waals surface area contributed by atoms with Crippen LogP contribution in [0, 0.1) is 5.92 Å². The lowest BCUT2D eigenvalue weighted by Crippen LogP contribution is -2.49. The highest BCUT2D eigenvalue weighted by atomic mass is 16.1. The van der Waals surface area contributed by atoms with Gasteiger partial charge in [-0.25, -0.2) is 0 Å². The second-order valence-electron chi connectivity index (χ2n) is 5.89. The standard InChI is InChI=1S/C15H31N3O/c1-5-13-11-18(9-7-14(13)16-6-2)10-8-15(19)17-12(3)4/h12-14,16H,5-11H2,1-4H3,(H,17,19). The first-order chi connectivity index (χ1) is 9.06. The van der Waals surface area contributed by atoms with E-state index in [1.165, 1.54) is 12.8 Å². The summed E-state index contributed by atoms with van der Waals surface area (Å²) in [5, 5.41) is 6.55. The number of likely N-dealkylation sites (tertiary alicyclic amines) is 1. The Bertz CT molecular complexity index is 268. The Hall–Kier alpha value is -0.610. The zero-order valence-corrected chi connectivity index (χ0v) is 13.0. The molecular weight excluding hydrogens is 238 g/mol. The van der Waals surface area contributed by atoms with Gasteiger partial charge in [0.1, 0.15) is 0 Å². The van der Waals surface area contributed by atoms with Crippen LogP contribution in [0.1, 0.15) is 47.0 Å². The molecule has 1 saturated heterocycles. The minimum atomic E-state index is 0.178. The van der Waals surface area contributed by atoms with Crippen molar-refractivity contribution in [2.75, 3.05) is 26.2 Å². The summed E-state index contributed by atoms with van der Waals surface area (Å²) in [6.07, 6.45) is 3.05. The van der Waals surface area contributed by atoms with Gasteiger partial charge in [0.05, 0.1) is 0 Å². The molecule has 0 saturated carbocycles. The van der Waals surface area contributed by atoms with E-state index in [0.717, 1.165) is 32.1 Å². The molecule has 0 aromatic carbocycles. The molecule has 0 aromatic rings. The van der Waals surface area contributed by atoms with Crippen LogP contribution in [0.25, 0.3) is 0 Å². The van der Waals surface area contributed by atoms with E-state index in [2.05, 4.69) is 29.4 Å². The van der Waals surface area contributed by atoms with Crippen LogP contribution in [0.4, 0.5) is 0 Å². The van der Waals surface area contributed by atoms with Gasteiger partial charge in [-0.1, -0.05) is 20.3 Å². The van der Waals surface area contributed by atoms with Gasteiger partial charge in [-0.05, 0) is 39.3 Å². The first-order valence-electron chi connectivity index (χ1n) is 7.81. The van der Waals surface area contributed by atoms with Gasteiger partial charge in [0.15, 0.2) is 0 Å². The molecule has 2 unspecified atom stereocenters. The van der Waals surface area contributed by atoms with Crippen LogP contribution in [-0.2, 0) is 4.79 Å². The van der Waals surface area contributed by atoms with Gasteiger partial charge < -0.3 is 15.5 Å². The predicted molar refractivity (Wildman–Crippen MR) is 80.2 cm³/mol. The SMILES string of the molecule is CCNC1CCN(CCC(=O)NC(C)C)CC1CC. The number of nitrogens with one attached hydrogen (secondary N) is 2. The molecule has 1 aliphatic heterocycles. The van der Waals surface area contributed by atoms with Crippen molar-refractivity contribution in [2.24, 2.45) is 5.92 Å². The van der Waals surface area contributed by atoms with Gasteiger partial charge >= 0.3 is 0 Å². The summed E-state index contributed by atoms with van der Waals surface area (Å²) in [5.41, 5.74) is 0. The smallest absolute Gasteiger partial charge is 0.221 e. The van der Waals surface area contributed by atoms with Gasteiger partial charge in [-0.3, -0.25) is 4.79 Å². The summed E-state index contributed by atoms with van der Waals surface area (Å²) in [6.45, 7) is 12.7. The van der Waals surface area contributed by atoms with Crippen molar-refractivity contribution in [1.29, 1.82) is 0 Å². The molecule has 2 N–H and O–H groups in total. The van der Waals surface area contributed by atoms with Crippen LogP contribution < -0.4 is 10.6 Å². The Labute approximate surface area is 118 Å². The molecule has 0 bridgehead atoms. The van der Waals surface area contributed by atoms with Crippen LogP contribution in [0.15, 0.2) is 0 Å². The Morgan fingerprint density at radius 3 is 2.68 bits per heavy atom. The maximum Gasteiger partial charge on any atom is 0.221 e. The third-order valence-corrected chi connectivity index (χ3v) is 3.91. The molecule has 0 aromatic heterocycles. The normalized spacial score (nSPS) is 24.7. The molecule has 4 nitrogen and oxygen atoms in total. The number of hydrogen-bond donors (Lipinski definition) is 2. The Morgan fingerprint density at radius 1 is 1.37 bits per heavy atom. The number of rotatable bonds is 7. The number of hydrogen-bond acceptors (Lipinski definition) is 3. The Balaban J connectivity index is 2.31. The Kier molecular flexibility index (Phi) is 7.39. The fourth-order valence-electron chi connectivity index (χ4n) is 2.91. The molecule has 0 aliphatic carbocycles. The average Bonchev–Trinajstić information content (AvgIpc) is 2.37. The molecule has 112 valence electrons. The van der Waals surface area contributed by atoms with Gasteiger partial charge in [0.2, 0.25) is 5.91 Å². The van der Waals surface area contributed by atoms with Gasteiger partial charge in [0.25, 0.3) is 0 Å². The van der Waals surface area contributed by atoms with Crippen molar-refractivity contribution >= 4 is 5.91 Å². The summed E-state index contributed by atoms with van der Waals surface area (Å²) in [6, 6.07) is 0.908. The third-order valence-electron chi connectivity index (χ3n) is 3.91.